The van der Waals surface area contributed by atoms with E-state index in [1.807, 2.05) is 59.6 Å². The minimum Gasteiger partial charge on any atom is -0.256 e. The highest BCUT2D eigenvalue weighted by Gasteiger charge is 2.13. The van der Waals surface area contributed by atoms with Crippen LogP contribution in [0.5, 0.6) is 0 Å². The first-order valence-electron chi connectivity index (χ1n) is 9.48. The standard InChI is InChI=1S/C24H17ClN4S/c1-16-6-8-17(9-7-16)23-18(14-26-20-12-10-19(25)11-13-20)15-29(28-23)24-27-21-4-2-3-5-22(21)30-24/h2-15H,1H3. The quantitative estimate of drug-likeness (QED) is 0.293. The zero-order valence-corrected chi connectivity index (χ0v) is 17.7. The molecule has 0 fully saturated rings. The monoisotopic (exact) mass is 428 g/mol. The SMILES string of the molecule is Cc1ccc(-c2nn(-c3nc4ccccc4s3)cc2C=Nc2ccc(Cl)cc2)cc1. The summed E-state index contributed by atoms with van der Waals surface area (Å²) in [6.07, 6.45) is 3.82. The third-order valence-corrected chi connectivity index (χ3v) is 6.00. The van der Waals surface area contributed by atoms with Crippen LogP contribution in [0.3, 0.4) is 0 Å². The fourth-order valence-electron chi connectivity index (χ4n) is 3.14. The van der Waals surface area contributed by atoms with E-state index in [0.29, 0.717) is 5.02 Å². The van der Waals surface area contributed by atoms with Crippen LogP contribution in [-0.4, -0.2) is 21.0 Å². The molecule has 5 rings (SSSR count). The van der Waals surface area contributed by atoms with Crippen molar-refractivity contribution in [1.29, 1.82) is 0 Å². The summed E-state index contributed by atoms with van der Waals surface area (Å²) >= 11 is 7.60. The number of aliphatic imine (C=N–C) groups is 1. The van der Waals surface area contributed by atoms with Crippen molar-refractivity contribution in [2.75, 3.05) is 0 Å². The molecule has 30 heavy (non-hydrogen) atoms. The number of thiazole rings is 1. The van der Waals surface area contributed by atoms with Gasteiger partial charge >= 0.3 is 0 Å². The molecule has 2 heterocycles. The van der Waals surface area contributed by atoms with Gasteiger partial charge in [0.05, 0.1) is 15.9 Å². The maximum Gasteiger partial charge on any atom is 0.211 e. The Labute approximate surface area is 183 Å². The molecule has 6 heteroatoms. The summed E-state index contributed by atoms with van der Waals surface area (Å²) in [5, 5.41) is 6.38. The van der Waals surface area contributed by atoms with E-state index in [0.717, 1.165) is 37.9 Å². The molecule has 0 amide bonds. The van der Waals surface area contributed by atoms with Crippen LogP contribution in [0.1, 0.15) is 11.1 Å². The zero-order valence-electron chi connectivity index (χ0n) is 16.2. The lowest BCUT2D eigenvalue weighted by atomic mass is 10.1. The van der Waals surface area contributed by atoms with Gasteiger partial charge in [0.1, 0.15) is 5.69 Å². The van der Waals surface area contributed by atoms with Crippen LogP contribution in [0.25, 0.3) is 26.6 Å². The van der Waals surface area contributed by atoms with Crippen molar-refractivity contribution in [3.05, 3.63) is 95.1 Å². The molecule has 0 aliphatic heterocycles. The third-order valence-electron chi connectivity index (χ3n) is 4.73. The fraction of sp³-hybridized carbons (Fsp3) is 0.0417. The summed E-state index contributed by atoms with van der Waals surface area (Å²) in [6.45, 7) is 2.08. The molecule has 3 aromatic carbocycles. The van der Waals surface area contributed by atoms with Gasteiger partial charge in [-0.25, -0.2) is 9.67 Å². The first-order valence-corrected chi connectivity index (χ1v) is 10.7. The fourth-order valence-corrected chi connectivity index (χ4v) is 4.16. The molecular weight excluding hydrogens is 412 g/mol. The maximum absolute atomic E-state index is 5.98. The number of para-hydroxylation sites is 1. The normalized spacial score (nSPS) is 11.5. The Morgan fingerprint density at radius 2 is 1.73 bits per heavy atom. The lowest BCUT2D eigenvalue weighted by molar-refractivity contribution is 0.876. The van der Waals surface area contributed by atoms with E-state index in [9.17, 15) is 0 Å². The van der Waals surface area contributed by atoms with E-state index >= 15 is 0 Å². The summed E-state index contributed by atoms with van der Waals surface area (Å²) in [5.41, 5.74) is 5.85. The zero-order chi connectivity index (χ0) is 20.5. The van der Waals surface area contributed by atoms with Crippen molar-refractivity contribution < 1.29 is 0 Å². The minimum absolute atomic E-state index is 0.693. The van der Waals surface area contributed by atoms with Gasteiger partial charge in [0.25, 0.3) is 0 Å². The smallest absolute Gasteiger partial charge is 0.211 e. The molecule has 2 aromatic heterocycles. The highest BCUT2D eigenvalue weighted by atomic mass is 35.5. The number of hydrogen-bond acceptors (Lipinski definition) is 4. The number of hydrogen-bond donors (Lipinski definition) is 0. The second-order valence-electron chi connectivity index (χ2n) is 6.94. The summed E-state index contributed by atoms with van der Waals surface area (Å²) in [5.74, 6) is 0. The molecule has 0 radical (unpaired) electrons. The van der Waals surface area contributed by atoms with Crippen LogP contribution in [0.2, 0.25) is 5.02 Å². The summed E-state index contributed by atoms with van der Waals surface area (Å²) in [7, 11) is 0. The van der Waals surface area contributed by atoms with Crippen LogP contribution in [0, 0.1) is 6.92 Å². The van der Waals surface area contributed by atoms with E-state index in [2.05, 4.69) is 42.2 Å². The van der Waals surface area contributed by atoms with Crippen LogP contribution in [0.4, 0.5) is 5.69 Å². The van der Waals surface area contributed by atoms with Crippen LogP contribution >= 0.6 is 22.9 Å². The van der Waals surface area contributed by atoms with Gasteiger partial charge in [0, 0.05) is 28.6 Å². The Kier molecular flexibility index (Phi) is 4.91. The Morgan fingerprint density at radius 1 is 0.967 bits per heavy atom. The predicted molar refractivity (Wildman–Crippen MR) is 126 cm³/mol. The molecular formula is C24H17ClN4S. The van der Waals surface area contributed by atoms with Gasteiger partial charge in [0.2, 0.25) is 5.13 Å². The van der Waals surface area contributed by atoms with E-state index in [1.165, 1.54) is 5.56 Å². The van der Waals surface area contributed by atoms with Crippen LogP contribution in [0.15, 0.2) is 84.0 Å². The molecule has 0 saturated heterocycles. The van der Waals surface area contributed by atoms with Gasteiger partial charge < -0.3 is 0 Å². The Balaban J connectivity index is 1.59. The maximum atomic E-state index is 5.98. The molecule has 4 nitrogen and oxygen atoms in total. The van der Waals surface area contributed by atoms with Crippen molar-refractivity contribution in [3.8, 4) is 16.4 Å². The Bertz CT molecular complexity index is 1320. The van der Waals surface area contributed by atoms with Gasteiger partial charge in [-0.15, -0.1) is 0 Å². The number of rotatable bonds is 4. The first-order chi connectivity index (χ1) is 14.7. The molecule has 0 aliphatic carbocycles. The first kappa shape index (κ1) is 18.7. The van der Waals surface area contributed by atoms with Crippen molar-refractivity contribution in [2.24, 2.45) is 4.99 Å². The van der Waals surface area contributed by atoms with Crippen LogP contribution < -0.4 is 0 Å². The number of fused-ring (bicyclic) bond motifs is 1. The Hall–Kier alpha value is -3.28. The van der Waals surface area contributed by atoms with Gasteiger partial charge in [-0.1, -0.05) is 64.9 Å². The molecule has 146 valence electrons. The molecule has 0 unspecified atom stereocenters. The molecule has 5 aromatic rings. The highest BCUT2D eigenvalue weighted by Crippen LogP contribution is 2.28. The van der Waals surface area contributed by atoms with Crippen molar-refractivity contribution in [1.82, 2.24) is 14.8 Å². The van der Waals surface area contributed by atoms with Crippen molar-refractivity contribution >= 4 is 45.1 Å². The average Bonchev–Trinajstić information content (AvgIpc) is 3.38. The van der Waals surface area contributed by atoms with Crippen molar-refractivity contribution in [3.63, 3.8) is 0 Å². The van der Waals surface area contributed by atoms with E-state index < -0.39 is 0 Å². The number of aryl methyl sites for hydroxylation is 1. The number of nitrogens with zero attached hydrogens (tertiary/aromatic N) is 4. The molecule has 0 bridgehead atoms. The van der Waals surface area contributed by atoms with E-state index in [4.69, 9.17) is 21.7 Å². The Morgan fingerprint density at radius 3 is 2.50 bits per heavy atom. The second kappa shape index (κ2) is 7.86. The summed E-state index contributed by atoms with van der Waals surface area (Å²) < 4.78 is 2.97. The number of aromatic nitrogens is 3. The summed E-state index contributed by atoms with van der Waals surface area (Å²) in [6, 6.07) is 23.9. The average molecular weight is 429 g/mol. The molecule has 0 atom stereocenters. The minimum atomic E-state index is 0.693. The lowest BCUT2D eigenvalue weighted by Gasteiger charge is -2.00. The second-order valence-corrected chi connectivity index (χ2v) is 8.39. The van der Waals surface area contributed by atoms with Gasteiger partial charge in [-0.05, 0) is 43.3 Å². The number of benzene rings is 3. The van der Waals surface area contributed by atoms with Gasteiger partial charge in [0.15, 0.2) is 0 Å². The highest BCUT2D eigenvalue weighted by molar-refractivity contribution is 7.20. The van der Waals surface area contributed by atoms with Gasteiger partial charge in [-0.2, -0.15) is 5.10 Å². The molecule has 0 N–H and O–H groups in total. The lowest BCUT2D eigenvalue weighted by Crippen LogP contribution is -1.93. The van der Waals surface area contributed by atoms with E-state index in [-0.39, 0.29) is 0 Å². The molecule has 0 spiro atoms. The topological polar surface area (TPSA) is 43.1 Å². The number of halogens is 1. The van der Waals surface area contributed by atoms with Crippen molar-refractivity contribution in [2.45, 2.75) is 6.92 Å². The van der Waals surface area contributed by atoms with E-state index in [1.54, 1.807) is 11.3 Å². The third kappa shape index (κ3) is 3.77. The largest absolute Gasteiger partial charge is 0.256 e. The van der Waals surface area contributed by atoms with Gasteiger partial charge in [-0.3, -0.25) is 4.99 Å². The summed E-state index contributed by atoms with van der Waals surface area (Å²) in [4.78, 5) is 9.35. The predicted octanol–water partition coefficient (Wildman–Crippen LogP) is 6.86. The molecule has 0 aliphatic rings. The molecule has 0 saturated carbocycles. The van der Waals surface area contributed by atoms with Crippen LogP contribution in [-0.2, 0) is 0 Å².